The molecule has 0 radical (unpaired) electrons. The van der Waals surface area contributed by atoms with Crippen LogP contribution in [-0.2, 0) is 6.18 Å². The van der Waals surface area contributed by atoms with Gasteiger partial charge < -0.3 is 0 Å². The summed E-state index contributed by atoms with van der Waals surface area (Å²) in [7, 11) is 0. The van der Waals surface area contributed by atoms with Gasteiger partial charge in [0.05, 0.1) is 31.2 Å². The lowest BCUT2D eigenvalue weighted by Gasteiger charge is -2.19. The van der Waals surface area contributed by atoms with Gasteiger partial charge >= 0.3 is 12.4 Å². The SMILES string of the molecule is O=C(NNc1ccc(Cl)cn1)c1ccc(C(F)=CC(c2cc(Cl)c(Cl)c(Cl)c2)C(F)(F)F)cc1C(F)(F)F. The summed E-state index contributed by atoms with van der Waals surface area (Å²) >= 11 is 23.0. The predicted octanol–water partition coefficient (Wildman–Crippen LogP) is 9.13. The number of hydrogen-bond donors (Lipinski definition) is 2. The molecule has 3 rings (SSSR count). The van der Waals surface area contributed by atoms with E-state index in [1.165, 1.54) is 18.3 Å². The first kappa shape index (κ1) is 29.8. The van der Waals surface area contributed by atoms with E-state index in [9.17, 15) is 35.5 Å². The number of hydrazine groups is 1. The molecule has 15 heteroatoms. The molecule has 38 heavy (non-hydrogen) atoms. The van der Waals surface area contributed by atoms with Crippen molar-refractivity contribution in [2.75, 3.05) is 5.43 Å². The zero-order chi connectivity index (χ0) is 28.4. The molecule has 0 saturated carbocycles. The fraction of sp³-hybridized carbons (Fsp3) is 0.130. The molecular formula is C23H12Cl4F7N3O. The third-order valence-electron chi connectivity index (χ3n) is 4.91. The summed E-state index contributed by atoms with van der Waals surface area (Å²) in [4.78, 5) is 16.2. The van der Waals surface area contributed by atoms with Crippen molar-refractivity contribution >= 4 is 64.0 Å². The van der Waals surface area contributed by atoms with Crippen LogP contribution in [0.3, 0.4) is 0 Å². The molecule has 0 fully saturated rings. The van der Waals surface area contributed by atoms with E-state index in [0.29, 0.717) is 6.07 Å². The van der Waals surface area contributed by atoms with Crippen LogP contribution in [0.25, 0.3) is 5.83 Å². The van der Waals surface area contributed by atoms with Gasteiger partial charge in [0.1, 0.15) is 17.6 Å². The number of halogens is 11. The predicted molar refractivity (Wildman–Crippen MR) is 131 cm³/mol. The van der Waals surface area contributed by atoms with Gasteiger partial charge in [-0.25, -0.2) is 9.37 Å². The summed E-state index contributed by atoms with van der Waals surface area (Å²) in [6.45, 7) is 0. The normalized spacial score (nSPS) is 13.3. The van der Waals surface area contributed by atoms with Crippen molar-refractivity contribution in [3.63, 3.8) is 0 Å². The lowest BCUT2D eigenvalue weighted by Crippen LogP contribution is -2.31. The van der Waals surface area contributed by atoms with Crippen molar-refractivity contribution in [1.29, 1.82) is 0 Å². The minimum Gasteiger partial charge on any atom is -0.282 e. The summed E-state index contributed by atoms with van der Waals surface area (Å²) in [6, 6.07) is 5.92. The van der Waals surface area contributed by atoms with Gasteiger partial charge in [-0.1, -0.05) is 52.5 Å². The van der Waals surface area contributed by atoms with Gasteiger partial charge in [0.25, 0.3) is 5.91 Å². The molecular weight excluding hydrogens is 609 g/mol. The Hall–Kier alpha value is -2.73. The maximum absolute atomic E-state index is 15.0. The Balaban J connectivity index is 1.97. The Morgan fingerprint density at radius 3 is 2.08 bits per heavy atom. The fourth-order valence-electron chi connectivity index (χ4n) is 3.14. The standard InChI is InChI=1S/C23H12Cl4F7N3O/c24-12-2-4-19(35-9-12)36-37-21(38)13-3-1-10(5-15(13)23(32,33)34)18(28)8-14(22(29,30)31)11-6-16(25)20(27)17(26)7-11/h1-9,14H,(H,35,36)(H,37,38). The highest BCUT2D eigenvalue weighted by Crippen LogP contribution is 2.42. The van der Waals surface area contributed by atoms with Crippen LogP contribution in [0.2, 0.25) is 20.1 Å². The van der Waals surface area contributed by atoms with Crippen LogP contribution in [0.5, 0.6) is 0 Å². The number of amides is 1. The minimum atomic E-state index is -5.16. The van der Waals surface area contributed by atoms with Crippen molar-refractivity contribution in [3.05, 3.63) is 97.1 Å². The Labute approximate surface area is 230 Å². The molecule has 1 aromatic heterocycles. The van der Waals surface area contributed by atoms with Crippen molar-refractivity contribution in [2.45, 2.75) is 18.3 Å². The first-order valence-electron chi connectivity index (χ1n) is 10.1. The number of aromatic nitrogens is 1. The van der Waals surface area contributed by atoms with Crippen LogP contribution in [0, 0.1) is 0 Å². The van der Waals surface area contributed by atoms with Crippen molar-refractivity contribution in [2.24, 2.45) is 0 Å². The summed E-state index contributed by atoms with van der Waals surface area (Å²) in [5.41, 5.74) is 0.297. The average Bonchev–Trinajstić information content (AvgIpc) is 2.83. The minimum absolute atomic E-state index is 0.0440. The van der Waals surface area contributed by atoms with Crippen LogP contribution in [0.4, 0.5) is 36.6 Å². The van der Waals surface area contributed by atoms with Gasteiger partial charge in [0.2, 0.25) is 0 Å². The molecule has 0 aliphatic rings. The first-order valence-corrected chi connectivity index (χ1v) is 11.6. The molecule has 0 bridgehead atoms. The Morgan fingerprint density at radius 1 is 0.921 bits per heavy atom. The van der Waals surface area contributed by atoms with Crippen LogP contribution < -0.4 is 10.9 Å². The second-order valence-corrected chi connectivity index (χ2v) is 9.16. The summed E-state index contributed by atoms with van der Waals surface area (Å²) in [6.07, 6.45) is -8.96. The molecule has 1 heterocycles. The molecule has 202 valence electrons. The lowest BCUT2D eigenvalue weighted by molar-refractivity contribution is -0.140. The summed E-state index contributed by atoms with van der Waals surface area (Å²) in [5.74, 6) is -5.51. The third kappa shape index (κ3) is 7.22. The van der Waals surface area contributed by atoms with Gasteiger partial charge in [0, 0.05) is 11.8 Å². The van der Waals surface area contributed by atoms with Crippen molar-refractivity contribution in [3.8, 4) is 0 Å². The molecule has 1 unspecified atom stereocenters. The van der Waals surface area contributed by atoms with E-state index >= 15 is 0 Å². The number of carbonyl (C=O) groups is 1. The van der Waals surface area contributed by atoms with E-state index in [0.717, 1.165) is 18.2 Å². The number of nitrogens with one attached hydrogen (secondary N) is 2. The molecule has 0 spiro atoms. The summed E-state index contributed by atoms with van der Waals surface area (Å²) in [5, 5.41) is -0.641. The van der Waals surface area contributed by atoms with E-state index in [-0.39, 0.29) is 38.1 Å². The number of nitrogens with zero attached hydrogens (tertiary/aromatic N) is 1. The molecule has 2 aromatic carbocycles. The highest BCUT2D eigenvalue weighted by molar-refractivity contribution is 6.48. The highest BCUT2D eigenvalue weighted by Gasteiger charge is 2.41. The monoisotopic (exact) mass is 619 g/mol. The lowest BCUT2D eigenvalue weighted by atomic mass is 9.95. The van der Waals surface area contributed by atoms with Crippen molar-refractivity contribution in [1.82, 2.24) is 10.4 Å². The molecule has 3 aromatic rings. The average molecular weight is 621 g/mol. The van der Waals surface area contributed by atoms with E-state index < -0.39 is 52.3 Å². The van der Waals surface area contributed by atoms with Crippen LogP contribution in [0.1, 0.15) is 33.0 Å². The number of allylic oxidation sites excluding steroid dienone is 1. The number of pyridine rings is 1. The zero-order valence-electron chi connectivity index (χ0n) is 18.3. The second kappa shape index (κ2) is 11.6. The van der Waals surface area contributed by atoms with E-state index in [2.05, 4.69) is 10.4 Å². The van der Waals surface area contributed by atoms with Crippen LogP contribution in [-0.4, -0.2) is 17.1 Å². The van der Waals surface area contributed by atoms with Crippen LogP contribution in [0.15, 0.2) is 54.7 Å². The van der Waals surface area contributed by atoms with E-state index in [4.69, 9.17) is 46.4 Å². The number of anilines is 1. The zero-order valence-corrected chi connectivity index (χ0v) is 21.3. The quantitative estimate of drug-likeness (QED) is 0.164. The number of alkyl halides is 6. The Kier molecular flexibility index (Phi) is 9.08. The number of hydrogen-bond acceptors (Lipinski definition) is 3. The van der Waals surface area contributed by atoms with E-state index in [1.807, 2.05) is 5.43 Å². The van der Waals surface area contributed by atoms with E-state index in [1.54, 1.807) is 0 Å². The van der Waals surface area contributed by atoms with Gasteiger partial charge in [-0.05, 0) is 48.0 Å². The molecule has 2 N–H and O–H groups in total. The molecule has 1 atom stereocenters. The Bertz CT molecular complexity index is 1350. The smallest absolute Gasteiger partial charge is 0.282 e. The van der Waals surface area contributed by atoms with Crippen molar-refractivity contribution < 1.29 is 35.5 Å². The Morgan fingerprint density at radius 2 is 1.55 bits per heavy atom. The van der Waals surface area contributed by atoms with Crippen LogP contribution >= 0.6 is 46.4 Å². The largest absolute Gasteiger partial charge is 0.417 e. The van der Waals surface area contributed by atoms with Gasteiger partial charge in [0.15, 0.2) is 0 Å². The second-order valence-electron chi connectivity index (χ2n) is 7.53. The molecule has 0 saturated heterocycles. The third-order valence-corrected chi connectivity index (χ3v) is 6.33. The fourth-order valence-corrected chi connectivity index (χ4v) is 3.87. The van der Waals surface area contributed by atoms with Gasteiger partial charge in [-0.2, -0.15) is 26.3 Å². The molecule has 1 amide bonds. The van der Waals surface area contributed by atoms with Gasteiger partial charge in [-0.3, -0.25) is 15.6 Å². The maximum Gasteiger partial charge on any atom is 0.417 e. The number of benzene rings is 2. The molecule has 4 nitrogen and oxygen atoms in total. The highest BCUT2D eigenvalue weighted by atomic mass is 35.5. The molecule has 0 aliphatic carbocycles. The number of rotatable bonds is 6. The summed E-state index contributed by atoms with van der Waals surface area (Å²) < 4.78 is 97.3. The molecule has 0 aliphatic heterocycles. The topological polar surface area (TPSA) is 54.0 Å². The maximum atomic E-state index is 15.0. The number of carbonyl (C=O) groups excluding carboxylic acids is 1. The first-order chi connectivity index (χ1) is 17.6. The van der Waals surface area contributed by atoms with Gasteiger partial charge in [-0.15, -0.1) is 0 Å².